The minimum absolute atomic E-state index is 0.259. The van der Waals surface area contributed by atoms with Crippen molar-refractivity contribution in [3.8, 4) is 11.5 Å². The standard InChI is InChI=1S/C29H29BrN6O3/c1-5-38-24-15-21(14-23(30)27(24)39-16-20-11-9-17(2)10-12-20)26-25(19(4)31-29-33-34-35-36(26)29)28(37)32-22-8-6-7-18(3)13-22/h6-15,26H,5,16H2,1-4H3,(H,32,37)(H,31,33,35). The molecule has 0 fully saturated rings. The molecule has 0 spiro atoms. The number of amides is 1. The van der Waals surface area contributed by atoms with E-state index in [0.29, 0.717) is 52.1 Å². The van der Waals surface area contributed by atoms with Crippen LogP contribution >= 0.6 is 15.9 Å². The van der Waals surface area contributed by atoms with Gasteiger partial charge in [0.25, 0.3) is 5.91 Å². The van der Waals surface area contributed by atoms with Gasteiger partial charge in [0.05, 0.1) is 16.7 Å². The Bertz CT molecular complexity index is 1550. The SMILES string of the molecule is CCOc1cc(C2C(C(=O)Nc3cccc(C)c3)=C(C)Nc3nnnn32)cc(Br)c1OCc1ccc(C)cc1. The van der Waals surface area contributed by atoms with Crippen molar-refractivity contribution in [2.75, 3.05) is 17.2 Å². The summed E-state index contributed by atoms with van der Waals surface area (Å²) in [5, 5.41) is 18.3. The molecule has 1 aromatic heterocycles. The van der Waals surface area contributed by atoms with Gasteiger partial charge in [-0.05, 0) is 95.0 Å². The molecule has 9 nitrogen and oxygen atoms in total. The molecule has 3 aromatic carbocycles. The topological polar surface area (TPSA) is 103 Å². The zero-order valence-electron chi connectivity index (χ0n) is 22.2. The molecule has 39 heavy (non-hydrogen) atoms. The molecule has 1 aliphatic heterocycles. The van der Waals surface area contributed by atoms with Gasteiger partial charge in [-0.2, -0.15) is 4.68 Å². The Kier molecular flexibility index (Phi) is 7.65. The van der Waals surface area contributed by atoms with Crippen molar-refractivity contribution in [3.05, 3.63) is 98.7 Å². The molecular weight excluding hydrogens is 560 g/mol. The first kappa shape index (κ1) is 26.4. The smallest absolute Gasteiger partial charge is 0.255 e. The zero-order valence-corrected chi connectivity index (χ0v) is 23.7. The van der Waals surface area contributed by atoms with Crippen LogP contribution < -0.4 is 20.1 Å². The first-order valence-electron chi connectivity index (χ1n) is 12.6. The van der Waals surface area contributed by atoms with Crippen LogP contribution in [0.15, 0.2) is 76.4 Å². The van der Waals surface area contributed by atoms with Crippen molar-refractivity contribution in [1.82, 2.24) is 20.2 Å². The first-order chi connectivity index (χ1) is 18.8. The summed E-state index contributed by atoms with van der Waals surface area (Å²) in [6, 6.07) is 19.1. The van der Waals surface area contributed by atoms with Gasteiger partial charge in [-0.25, -0.2) is 0 Å². The molecule has 1 atom stereocenters. The molecule has 1 amide bonds. The van der Waals surface area contributed by atoms with Crippen molar-refractivity contribution in [2.24, 2.45) is 0 Å². The lowest BCUT2D eigenvalue weighted by Gasteiger charge is -2.28. The van der Waals surface area contributed by atoms with Crippen LogP contribution in [0.2, 0.25) is 0 Å². The van der Waals surface area contributed by atoms with Crippen molar-refractivity contribution >= 4 is 33.5 Å². The van der Waals surface area contributed by atoms with E-state index in [1.165, 1.54) is 5.56 Å². The predicted octanol–water partition coefficient (Wildman–Crippen LogP) is 5.96. The van der Waals surface area contributed by atoms with Crippen molar-refractivity contribution in [1.29, 1.82) is 0 Å². The first-order valence-corrected chi connectivity index (χ1v) is 13.4. The van der Waals surface area contributed by atoms with Crippen LogP contribution in [0.25, 0.3) is 0 Å². The number of hydrogen-bond acceptors (Lipinski definition) is 7. The number of halogens is 1. The van der Waals surface area contributed by atoms with E-state index in [0.717, 1.165) is 16.7 Å². The van der Waals surface area contributed by atoms with Gasteiger partial charge in [-0.15, -0.1) is 0 Å². The number of nitrogens with zero attached hydrogens (tertiary/aromatic N) is 4. The summed E-state index contributed by atoms with van der Waals surface area (Å²) in [5.74, 6) is 1.32. The summed E-state index contributed by atoms with van der Waals surface area (Å²) in [7, 11) is 0. The molecular formula is C29H29BrN6O3. The Labute approximate surface area is 235 Å². The number of hydrogen-bond donors (Lipinski definition) is 2. The molecule has 0 radical (unpaired) electrons. The van der Waals surface area contributed by atoms with Crippen molar-refractivity contribution in [2.45, 2.75) is 40.3 Å². The fraction of sp³-hybridized carbons (Fsp3) is 0.241. The van der Waals surface area contributed by atoms with E-state index in [2.05, 4.69) is 61.1 Å². The number of benzene rings is 3. The van der Waals surface area contributed by atoms with Crippen LogP contribution in [0.4, 0.5) is 11.6 Å². The fourth-order valence-electron chi connectivity index (χ4n) is 4.52. The highest BCUT2D eigenvalue weighted by Gasteiger charge is 2.35. The minimum atomic E-state index is -0.609. The van der Waals surface area contributed by atoms with Gasteiger partial charge >= 0.3 is 0 Å². The number of ether oxygens (including phenoxy) is 2. The Balaban J connectivity index is 1.52. The van der Waals surface area contributed by atoms with Crippen molar-refractivity contribution < 1.29 is 14.3 Å². The molecule has 10 heteroatoms. The molecule has 0 saturated carbocycles. The van der Waals surface area contributed by atoms with E-state index in [1.54, 1.807) is 4.68 Å². The summed E-state index contributed by atoms with van der Waals surface area (Å²) >= 11 is 3.69. The predicted molar refractivity (Wildman–Crippen MR) is 153 cm³/mol. The minimum Gasteiger partial charge on any atom is -0.490 e. The van der Waals surface area contributed by atoms with Crippen LogP contribution in [-0.4, -0.2) is 32.7 Å². The van der Waals surface area contributed by atoms with Crippen LogP contribution in [-0.2, 0) is 11.4 Å². The highest BCUT2D eigenvalue weighted by molar-refractivity contribution is 9.10. The zero-order chi connectivity index (χ0) is 27.5. The maximum Gasteiger partial charge on any atom is 0.255 e. The normalized spacial score (nSPS) is 14.4. The highest BCUT2D eigenvalue weighted by Crippen LogP contribution is 2.43. The molecule has 2 heterocycles. The van der Waals surface area contributed by atoms with Crippen LogP contribution in [0.5, 0.6) is 11.5 Å². The van der Waals surface area contributed by atoms with E-state index in [4.69, 9.17) is 9.47 Å². The van der Waals surface area contributed by atoms with Gasteiger partial charge in [0.2, 0.25) is 5.95 Å². The van der Waals surface area contributed by atoms with E-state index < -0.39 is 6.04 Å². The summed E-state index contributed by atoms with van der Waals surface area (Å²) < 4.78 is 14.5. The second-order valence-corrected chi connectivity index (χ2v) is 10.2. The third-order valence-electron chi connectivity index (χ3n) is 6.39. The van der Waals surface area contributed by atoms with Gasteiger partial charge in [0.1, 0.15) is 12.6 Å². The van der Waals surface area contributed by atoms with Gasteiger partial charge < -0.3 is 20.1 Å². The number of aromatic nitrogens is 4. The summed E-state index contributed by atoms with van der Waals surface area (Å²) in [5.41, 5.74) is 5.89. The lowest BCUT2D eigenvalue weighted by atomic mass is 9.94. The van der Waals surface area contributed by atoms with Gasteiger partial charge in [-0.3, -0.25) is 4.79 Å². The van der Waals surface area contributed by atoms with Crippen LogP contribution in [0.3, 0.4) is 0 Å². The lowest BCUT2D eigenvalue weighted by Crippen LogP contribution is -2.31. The molecule has 4 aromatic rings. The number of rotatable bonds is 8. The fourth-order valence-corrected chi connectivity index (χ4v) is 5.10. The maximum atomic E-state index is 13.7. The molecule has 0 bridgehead atoms. The summed E-state index contributed by atoms with van der Waals surface area (Å²) in [4.78, 5) is 13.7. The van der Waals surface area contributed by atoms with E-state index in [-0.39, 0.29) is 5.91 Å². The summed E-state index contributed by atoms with van der Waals surface area (Å²) in [6.07, 6.45) is 0. The number of anilines is 2. The number of carbonyl (C=O) groups excluding carboxylic acids is 1. The average Bonchev–Trinajstić information content (AvgIpc) is 3.36. The number of allylic oxidation sites excluding steroid dienone is 1. The number of fused-ring (bicyclic) bond motifs is 1. The van der Waals surface area contributed by atoms with E-state index >= 15 is 0 Å². The monoisotopic (exact) mass is 588 g/mol. The largest absolute Gasteiger partial charge is 0.490 e. The number of aryl methyl sites for hydroxylation is 2. The average molecular weight is 589 g/mol. The molecule has 0 saturated heterocycles. The van der Waals surface area contributed by atoms with Gasteiger partial charge in [0.15, 0.2) is 11.5 Å². The highest BCUT2D eigenvalue weighted by atomic mass is 79.9. The van der Waals surface area contributed by atoms with E-state index in [9.17, 15) is 4.79 Å². The molecule has 200 valence electrons. The maximum absolute atomic E-state index is 13.7. The van der Waals surface area contributed by atoms with Gasteiger partial charge in [0, 0.05) is 11.4 Å². The number of tetrazole rings is 1. The molecule has 2 N–H and O–H groups in total. The molecule has 0 aliphatic carbocycles. The Morgan fingerprint density at radius 3 is 2.59 bits per heavy atom. The Morgan fingerprint density at radius 2 is 1.85 bits per heavy atom. The third-order valence-corrected chi connectivity index (χ3v) is 6.97. The number of carbonyl (C=O) groups is 1. The third kappa shape index (κ3) is 5.65. The second-order valence-electron chi connectivity index (χ2n) is 9.37. The van der Waals surface area contributed by atoms with Gasteiger partial charge in [-0.1, -0.05) is 47.1 Å². The van der Waals surface area contributed by atoms with Crippen molar-refractivity contribution in [3.63, 3.8) is 0 Å². The van der Waals surface area contributed by atoms with Crippen LogP contribution in [0.1, 0.15) is 42.1 Å². The quantitative estimate of drug-likeness (QED) is 0.262. The lowest BCUT2D eigenvalue weighted by molar-refractivity contribution is -0.113. The van der Waals surface area contributed by atoms with Crippen LogP contribution in [0, 0.1) is 13.8 Å². The Hall–Kier alpha value is -4.18. The molecule has 5 rings (SSSR count). The van der Waals surface area contributed by atoms with E-state index in [1.807, 2.05) is 69.3 Å². The Morgan fingerprint density at radius 1 is 1.05 bits per heavy atom. The second kappa shape index (κ2) is 11.3. The molecule has 1 aliphatic rings. The molecule has 1 unspecified atom stereocenters. The summed E-state index contributed by atoms with van der Waals surface area (Å²) in [6.45, 7) is 8.61. The number of nitrogens with one attached hydrogen (secondary N) is 2.